The van der Waals surface area contributed by atoms with Gasteiger partial charge in [0.25, 0.3) is 0 Å². The lowest BCUT2D eigenvalue weighted by atomic mass is 9.86. The molecule has 0 aromatic heterocycles. The second-order valence-corrected chi connectivity index (χ2v) is 10.1. The molecule has 7 heteroatoms. The first-order chi connectivity index (χ1) is 13.4. The fourth-order valence-electron chi connectivity index (χ4n) is 2.86. The molecule has 0 unspecified atom stereocenters. The van der Waals surface area contributed by atoms with Gasteiger partial charge in [-0.1, -0.05) is 45.0 Å². The van der Waals surface area contributed by atoms with E-state index in [1.165, 1.54) is 31.9 Å². The lowest BCUT2D eigenvalue weighted by molar-refractivity contribution is -0.121. The Kier molecular flexibility index (Phi) is 7.08. The summed E-state index contributed by atoms with van der Waals surface area (Å²) in [7, 11) is -0.862. The lowest BCUT2D eigenvalue weighted by Crippen LogP contribution is -2.39. The molecule has 1 amide bonds. The summed E-state index contributed by atoms with van der Waals surface area (Å²) >= 11 is 0. The first-order valence-corrected chi connectivity index (χ1v) is 10.9. The molecule has 0 aliphatic carbocycles. The second kappa shape index (κ2) is 8.97. The van der Waals surface area contributed by atoms with E-state index in [0.29, 0.717) is 5.75 Å². The summed E-state index contributed by atoms with van der Waals surface area (Å²) in [6, 6.07) is 13.9. The molecule has 2 rings (SSSR count). The highest BCUT2D eigenvalue weighted by molar-refractivity contribution is 7.89. The molecule has 1 atom stereocenters. The van der Waals surface area contributed by atoms with Crippen LogP contribution < -0.4 is 10.1 Å². The van der Waals surface area contributed by atoms with E-state index in [1.807, 2.05) is 19.1 Å². The first-order valence-electron chi connectivity index (χ1n) is 9.45. The fraction of sp³-hybridized carbons (Fsp3) is 0.409. The summed E-state index contributed by atoms with van der Waals surface area (Å²) in [6.45, 7) is 8.05. The highest BCUT2D eigenvalue weighted by Crippen LogP contribution is 2.24. The zero-order valence-electron chi connectivity index (χ0n) is 17.9. The minimum Gasteiger partial charge on any atom is -0.497 e. The largest absolute Gasteiger partial charge is 0.497 e. The lowest BCUT2D eigenvalue weighted by Gasteiger charge is -2.22. The Morgan fingerprint density at radius 3 is 2.10 bits per heavy atom. The molecule has 0 saturated carbocycles. The average molecular weight is 419 g/mol. The van der Waals surface area contributed by atoms with Crippen LogP contribution in [-0.2, 0) is 20.2 Å². The molecule has 0 fully saturated rings. The molecule has 2 aromatic rings. The van der Waals surface area contributed by atoms with Crippen LogP contribution in [0.1, 0.15) is 44.9 Å². The molecule has 6 nitrogen and oxygen atoms in total. The van der Waals surface area contributed by atoms with Crippen LogP contribution >= 0.6 is 0 Å². The maximum Gasteiger partial charge on any atom is 0.243 e. The van der Waals surface area contributed by atoms with Crippen molar-refractivity contribution in [2.45, 2.75) is 44.0 Å². The molecule has 0 aliphatic heterocycles. The summed E-state index contributed by atoms with van der Waals surface area (Å²) in [6.07, 6.45) is 0. The topological polar surface area (TPSA) is 75.7 Å². The van der Waals surface area contributed by atoms with Crippen LogP contribution in [0.2, 0.25) is 0 Å². The first kappa shape index (κ1) is 22.9. The van der Waals surface area contributed by atoms with Crippen molar-refractivity contribution >= 4 is 15.9 Å². The Labute approximate surface area is 173 Å². The molecule has 0 saturated heterocycles. The van der Waals surface area contributed by atoms with Crippen LogP contribution in [0.15, 0.2) is 53.4 Å². The van der Waals surface area contributed by atoms with Crippen molar-refractivity contribution < 1.29 is 17.9 Å². The van der Waals surface area contributed by atoms with Crippen LogP contribution in [0.25, 0.3) is 0 Å². The monoisotopic (exact) mass is 418 g/mol. The standard InChI is InChI=1S/C22H30N2O4S/c1-16(17-7-9-18(10-8-17)22(2,3)4)23-21(25)15-24(5)29(26,27)20-13-11-19(28-6)12-14-20/h7-14,16H,15H2,1-6H3,(H,23,25)/t16-/m0/s1. The van der Waals surface area contributed by atoms with E-state index < -0.39 is 10.0 Å². The second-order valence-electron chi connectivity index (χ2n) is 8.10. The number of nitrogens with zero attached hydrogens (tertiary/aromatic N) is 1. The average Bonchev–Trinajstić information content (AvgIpc) is 2.67. The summed E-state index contributed by atoms with van der Waals surface area (Å²) in [5, 5.41) is 2.86. The van der Waals surface area contributed by atoms with Crippen molar-refractivity contribution in [1.82, 2.24) is 9.62 Å². The number of sulfonamides is 1. The predicted octanol–water partition coefficient (Wildman–Crippen LogP) is 3.49. The van der Waals surface area contributed by atoms with E-state index >= 15 is 0 Å². The van der Waals surface area contributed by atoms with Gasteiger partial charge in [0.1, 0.15) is 5.75 Å². The molecule has 1 N–H and O–H groups in total. The van der Waals surface area contributed by atoms with Crippen LogP contribution in [0.3, 0.4) is 0 Å². The van der Waals surface area contributed by atoms with Crippen LogP contribution in [0, 0.1) is 0 Å². The minimum atomic E-state index is -3.76. The third-order valence-electron chi connectivity index (χ3n) is 4.79. The third-order valence-corrected chi connectivity index (χ3v) is 6.61. The number of nitrogens with one attached hydrogen (secondary N) is 1. The molecule has 0 bridgehead atoms. The quantitative estimate of drug-likeness (QED) is 0.747. The number of methoxy groups -OCH3 is 1. The number of benzene rings is 2. The SMILES string of the molecule is COc1ccc(S(=O)(=O)N(C)CC(=O)N[C@@H](C)c2ccc(C(C)(C)C)cc2)cc1. The van der Waals surface area contributed by atoms with E-state index in [4.69, 9.17) is 4.74 Å². The molecule has 0 spiro atoms. The van der Waals surface area contributed by atoms with Gasteiger partial charge in [-0.05, 0) is 47.7 Å². The van der Waals surface area contributed by atoms with E-state index in [2.05, 4.69) is 38.2 Å². The Morgan fingerprint density at radius 2 is 1.62 bits per heavy atom. The van der Waals surface area contributed by atoms with Crippen LogP contribution in [0.4, 0.5) is 0 Å². The van der Waals surface area contributed by atoms with Crippen molar-refractivity contribution in [3.63, 3.8) is 0 Å². The van der Waals surface area contributed by atoms with Crippen LogP contribution in [0.5, 0.6) is 5.75 Å². The molecular formula is C22H30N2O4S. The fourth-order valence-corrected chi connectivity index (χ4v) is 3.98. The van der Waals surface area contributed by atoms with Crippen molar-refractivity contribution in [3.8, 4) is 5.75 Å². The number of ether oxygens (including phenoxy) is 1. The summed E-state index contributed by atoms with van der Waals surface area (Å²) in [5.74, 6) is 0.202. The maximum absolute atomic E-state index is 12.7. The highest BCUT2D eigenvalue weighted by Gasteiger charge is 2.24. The number of rotatable bonds is 7. The van der Waals surface area contributed by atoms with E-state index in [9.17, 15) is 13.2 Å². The number of hydrogen-bond acceptors (Lipinski definition) is 4. The van der Waals surface area contributed by atoms with Gasteiger partial charge in [-0.25, -0.2) is 8.42 Å². The number of carbonyl (C=O) groups excluding carboxylic acids is 1. The van der Waals surface area contributed by atoms with Crippen molar-refractivity contribution in [2.75, 3.05) is 20.7 Å². The Morgan fingerprint density at radius 1 is 1.07 bits per heavy atom. The van der Waals surface area contributed by atoms with E-state index in [0.717, 1.165) is 9.87 Å². The normalized spacial score (nSPS) is 13.2. The smallest absolute Gasteiger partial charge is 0.243 e. The van der Waals surface area contributed by atoms with Crippen molar-refractivity contribution in [1.29, 1.82) is 0 Å². The summed E-state index contributed by atoms with van der Waals surface area (Å²) < 4.78 is 31.4. The number of likely N-dealkylation sites (N-methyl/N-ethyl adjacent to an activating group) is 1. The van der Waals surface area contributed by atoms with Gasteiger partial charge in [-0.15, -0.1) is 0 Å². The van der Waals surface area contributed by atoms with E-state index in [-0.39, 0.29) is 28.8 Å². The minimum absolute atomic E-state index is 0.0591. The Bertz CT molecular complexity index is 930. The molecule has 2 aromatic carbocycles. The van der Waals surface area contributed by atoms with Gasteiger partial charge in [-0.2, -0.15) is 4.31 Å². The molecule has 0 heterocycles. The molecular weight excluding hydrogens is 388 g/mol. The molecule has 0 radical (unpaired) electrons. The molecule has 0 aliphatic rings. The van der Waals surface area contributed by atoms with Crippen molar-refractivity contribution in [3.05, 3.63) is 59.7 Å². The zero-order chi connectivity index (χ0) is 21.8. The van der Waals surface area contributed by atoms with Crippen molar-refractivity contribution in [2.24, 2.45) is 0 Å². The number of amides is 1. The van der Waals surface area contributed by atoms with Gasteiger partial charge >= 0.3 is 0 Å². The number of hydrogen-bond donors (Lipinski definition) is 1. The van der Waals surface area contributed by atoms with Gasteiger partial charge in [0.2, 0.25) is 15.9 Å². The summed E-state index contributed by atoms with van der Waals surface area (Å²) in [5.41, 5.74) is 2.24. The van der Waals surface area contributed by atoms with Gasteiger partial charge in [0.05, 0.1) is 24.6 Å². The Balaban J connectivity index is 2.01. The highest BCUT2D eigenvalue weighted by atomic mass is 32.2. The number of carbonyl (C=O) groups is 1. The third kappa shape index (κ3) is 5.81. The van der Waals surface area contributed by atoms with E-state index in [1.54, 1.807) is 12.1 Å². The zero-order valence-corrected chi connectivity index (χ0v) is 18.7. The Hall–Kier alpha value is -2.38. The molecule has 158 valence electrons. The van der Waals surface area contributed by atoms with Gasteiger partial charge < -0.3 is 10.1 Å². The van der Waals surface area contributed by atoms with Gasteiger partial charge in [0, 0.05) is 7.05 Å². The predicted molar refractivity (Wildman–Crippen MR) is 115 cm³/mol. The molecule has 29 heavy (non-hydrogen) atoms. The van der Waals surface area contributed by atoms with Gasteiger partial charge in [-0.3, -0.25) is 4.79 Å². The van der Waals surface area contributed by atoms with Gasteiger partial charge in [0.15, 0.2) is 0 Å². The van der Waals surface area contributed by atoms with Crippen LogP contribution in [-0.4, -0.2) is 39.3 Å². The maximum atomic E-state index is 12.7. The summed E-state index contributed by atoms with van der Waals surface area (Å²) in [4.78, 5) is 12.5.